The van der Waals surface area contributed by atoms with Crippen LogP contribution < -0.4 is 5.73 Å². The molecule has 10 heteroatoms. The van der Waals surface area contributed by atoms with Gasteiger partial charge in [0.15, 0.2) is 6.10 Å². The molecule has 0 saturated heterocycles. The topological polar surface area (TPSA) is 134 Å². The van der Waals surface area contributed by atoms with Gasteiger partial charge in [0, 0.05) is 19.4 Å². The highest BCUT2D eigenvalue weighted by Crippen LogP contribution is 2.43. The Morgan fingerprint density at radius 2 is 0.743 bits per heavy atom. The second-order valence-electron chi connectivity index (χ2n) is 20.6. The van der Waals surface area contributed by atoms with Crippen molar-refractivity contribution in [1.82, 2.24) is 0 Å². The van der Waals surface area contributed by atoms with Crippen LogP contribution in [0.3, 0.4) is 0 Å². The molecule has 0 radical (unpaired) electrons. The molecule has 0 rings (SSSR count). The normalized spacial score (nSPS) is 13.1. The van der Waals surface area contributed by atoms with E-state index in [4.69, 9.17) is 24.3 Å². The maximum Gasteiger partial charge on any atom is 0.472 e. The van der Waals surface area contributed by atoms with Gasteiger partial charge < -0.3 is 20.1 Å². The standard InChI is InChI=1S/C60H116NO8P/c1-3-5-7-9-11-13-15-17-19-21-23-25-27-28-29-30-31-33-35-37-39-41-43-45-47-49-51-53-60(63)69-58(57-68-70(64,65)67-55-54-61)56-66-59(62)52-50-48-46-44-42-40-38-36-34-32-26-24-22-20-18-16-14-12-10-8-6-4-2/h15,17,21,23,58H,3-14,16,18-20,22,24-57,61H2,1-2H3,(H,64,65)/b17-15-,23-21-. The molecule has 0 aliphatic rings. The van der Waals surface area contributed by atoms with E-state index in [2.05, 4.69) is 38.2 Å². The third kappa shape index (κ3) is 55.8. The zero-order valence-electron chi connectivity index (χ0n) is 46.3. The summed E-state index contributed by atoms with van der Waals surface area (Å²) in [5.74, 6) is -0.808. The molecular formula is C60H116NO8P. The SMILES string of the molecule is CCCCCCC/C=C\C/C=C\CCCCCCCCCCCCCCCCCC(=O)OC(COC(=O)CCCCCCCCCCCCCCCCCCCCCCCC)COP(=O)(O)OCCN. The predicted molar refractivity (Wildman–Crippen MR) is 298 cm³/mol. The highest BCUT2D eigenvalue weighted by Gasteiger charge is 2.26. The van der Waals surface area contributed by atoms with Crippen LogP contribution in [-0.4, -0.2) is 49.3 Å². The summed E-state index contributed by atoms with van der Waals surface area (Å²) in [6.45, 7) is 3.80. The van der Waals surface area contributed by atoms with Gasteiger partial charge in [-0.1, -0.05) is 282 Å². The monoisotopic (exact) mass is 1010 g/mol. The third-order valence-corrected chi connectivity index (χ3v) is 14.6. The Morgan fingerprint density at radius 3 is 1.09 bits per heavy atom. The van der Waals surface area contributed by atoms with E-state index in [1.807, 2.05) is 0 Å². The molecule has 0 aliphatic carbocycles. The molecule has 0 aliphatic heterocycles. The van der Waals surface area contributed by atoms with E-state index in [1.54, 1.807) is 0 Å². The van der Waals surface area contributed by atoms with Gasteiger partial charge >= 0.3 is 19.8 Å². The molecule has 0 aromatic carbocycles. The largest absolute Gasteiger partial charge is 0.472 e. The third-order valence-electron chi connectivity index (χ3n) is 13.6. The van der Waals surface area contributed by atoms with Crippen molar-refractivity contribution in [2.45, 2.75) is 322 Å². The molecule has 0 saturated carbocycles. The van der Waals surface area contributed by atoms with E-state index in [0.717, 1.165) is 38.5 Å². The first kappa shape index (κ1) is 68.5. The van der Waals surface area contributed by atoms with Gasteiger partial charge in [0.2, 0.25) is 0 Å². The Morgan fingerprint density at radius 1 is 0.429 bits per heavy atom. The molecule has 0 spiro atoms. The van der Waals surface area contributed by atoms with E-state index < -0.39 is 26.5 Å². The number of carbonyl (C=O) groups excluding carboxylic acids is 2. The van der Waals surface area contributed by atoms with E-state index in [9.17, 15) is 19.0 Å². The van der Waals surface area contributed by atoms with Crippen molar-refractivity contribution in [3.63, 3.8) is 0 Å². The van der Waals surface area contributed by atoms with Crippen molar-refractivity contribution >= 4 is 19.8 Å². The Balaban J connectivity index is 3.91. The van der Waals surface area contributed by atoms with Crippen molar-refractivity contribution in [1.29, 1.82) is 0 Å². The lowest BCUT2D eigenvalue weighted by Gasteiger charge is -2.19. The van der Waals surface area contributed by atoms with Crippen LogP contribution >= 0.6 is 7.82 Å². The molecule has 0 aromatic rings. The maximum atomic E-state index is 12.7. The minimum absolute atomic E-state index is 0.0563. The van der Waals surface area contributed by atoms with Crippen molar-refractivity contribution in [3.05, 3.63) is 24.3 Å². The molecular weight excluding hydrogens is 894 g/mol. The summed E-state index contributed by atoms with van der Waals surface area (Å²) in [7, 11) is -4.38. The van der Waals surface area contributed by atoms with Crippen LogP contribution in [0.1, 0.15) is 316 Å². The van der Waals surface area contributed by atoms with Crippen molar-refractivity contribution in [3.8, 4) is 0 Å². The molecule has 0 fully saturated rings. The molecule has 2 atom stereocenters. The minimum Gasteiger partial charge on any atom is -0.462 e. The number of esters is 2. The maximum absolute atomic E-state index is 12.7. The second kappa shape index (κ2) is 56.8. The molecule has 0 heterocycles. The molecule has 414 valence electrons. The van der Waals surface area contributed by atoms with Gasteiger partial charge in [-0.2, -0.15) is 0 Å². The number of ether oxygens (including phenoxy) is 2. The Bertz CT molecular complexity index is 1200. The summed E-state index contributed by atoms with van der Waals surface area (Å²) in [4.78, 5) is 35.2. The molecule has 0 aromatic heterocycles. The number of hydrogen-bond donors (Lipinski definition) is 2. The number of unbranched alkanes of at least 4 members (excludes halogenated alkanes) is 41. The fourth-order valence-corrected chi connectivity index (χ4v) is 9.85. The number of allylic oxidation sites excluding steroid dienone is 4. The molecule has 9 nitrogen and oxygen atoms in total. The van der Waals surface area contributed by atoms with Crippen LogP contribution in [0.2, 0.25) is 0 Å². The highest BCUT2D eigenvalue weighted by molar-refractivity contribution is 7.47. The molecule has 0 amide bonds. The first-order valence-electron chi connectivity index (χ1n) is 30.3. The fourth-order valence-electron chi connectivity index (χ4n) is 9.08. The minimum atomic E-state index is -4.38. The number of carbonyl (C=O) groups is 2. The lowest BCUT2D eigenvalue weighted by Crippen LogP contribution is -2.29. The van der Waals surface area contributed by atoms with Gasteiger partial charge in [-0.3, -0.25) is 18.6 Å². The van der Waals surface area contributed by atoms with Gasteiger partial charge in [0.05, 0.1) is 13.2 Å². The predicted octanol–water partition coefficient (Wildman–Crippen LogP) is 19.0. The van der Waals surface area contributed by atoms with Crippen LogP contribution in [0.4, 0.5) is 0 Å². The number of rotatable bonds is 58. The van der Waals surface area contributed by atoms with Crippen molar-refractivity contribution in [2.24, 2.45) is 5.73 Å². The van der Waals surface area contributed by atoms with Crippen LogP contribution in [0.5, 0.6) is 0 Å². The quantitative estimate of drug-likeness (QED) is 0.0264. The molecule has 70 heavy (non-hydrogen) atoms. The number of hydrogen-bond acceptors (Lipinski definition) is 8. The average Bonchev–Trinajstić information content (AvgIpc) is 3.35. The van der Waals surface area contributed by atoms with Gasteiger partial charge in [-0.05, 0) is 44.9 Å². The van der Waals surface area contributed by atoms with Crippen LogP contribution in [0.15, 0.2) is 24.3 Å². The van der Waals surface area contributed by atoms with E-state index in [0.29, 0.717) is 6.42 Å². The van der Waals surface area contributed by atoms with Crippen LogP contribution in [0, 0.1) is 0 Å². The highest BCUT2D eigenvalue weighted by atomic mass is 31.2. The number of nitrogens with two attached hydrogens (primary N) is 1. The van der Waals surface area contributed by atoms with Gasteiger partial charge in [0.25, 0.3) is 0 Å². The molecule has 3 N–H and O–H groups in total. The fraction of sp³-hybridized carbons (Fsp3) is 0.900. The summed E-state index contributed by atoms with van der Waals surface area (Å²) in [5.41, 5.74) is 5.39. The van der Waals surface area contributed by atoms with E-state index in [1.165, 1.54) is 244 Å². The summed E-state index contributed by atoms with van der Waals surface area (Å²) >= 11 is 0. The summed E-state index contributed by atoms with van der Waals surface area (Å²) < 4.78 is 33.1. The number of phosphoric acid groups is 1. The van der Waals surface area contributed by atoms with Crippen LogP contribution in [0.25, 0.3) is 0 Å². The zero-order valence-corrected chi connectivity index (χ0v) is 47.2. The van der Waals surface area contributed by atoms with Gasteiger partial charge in [-0.15, -0.1) is 0 Å². The summed E-state index contributed by atoms with van der Waals surface area (Å²) in [6, 6.07) is 0. The first-order chi connectivity index (χ1) is 34.3. The lowest BCUT2D eigenvalue weighted by molar-refractivity contribution is -0.161. The van der Waals surface area contributed by atoms with Crippen molar-refractivity contribution < 1.29 is 37.6 Å². The Labute approximate surface area is 433 Å². The van der Waals surface area contributed by atoms with E-state index >= 15 is 0 Å². The van der Waals surface area contributed by atoms with Gasteiger partial charge in [0.1, 0.15) is 6.61 Å². The lowest BCUT2D eigenvalue weighted by atomic mass is 10.0. The zero-order chi connectivity index (χ0) is 51.0. The summed E-state index contributed by atoms with van der Waals surface area (Å²) in [5, 5.41) is 0. The molecule has 2 unspecified atom stereocenters. The van der Waals surface area contributed by atoms with E-state index in [-0.39, 0.29) is 38.6 Å². The number of phosphoric ester groups is 1. The van der Waals surface area contributed by atoms with Crippen LogP contribution in [-0.2, 0) is 32.7 Å². The Kier molecular flexibility index (Phi) is 55.6. The summed E-state index contributed by atoms with van der Waals surface area (Å²) in [6.07, 6.45) is 66.7. The smallest absolute Gasteiger partial charge is 0.462 e. The second-order valence-corrected chi connectivity index (χ2v) is 22.0. The van der Waals surface area contributed by atoms with Crippen molar-refractivity contribution in [2.75, 3.05) is 26.4 Å². The molecule has 0 bridgehead atoms. The Hall–Kier alpha value is -1.51. The average molecular weight is 1010 g/mol. The van der Waals surface area contributed by atoms with Gasteiger partial charge in [-0.25, -0.2) is 4.57 Å². The first-order valence-corrected chi connectivity index (χ1v) is 31.8.